The van der Waals surface area contributed by atoms with Gasteiger partial charge in [0.25, 0.3) is 5.91 Å². The Bertz CT molecular complexity index is 437. The van der Waals surface area contributed by atoms with Gasteiger partial charge < -0.3 is 10.1 Å². The van der Waals surface area contributed by atoms with Crippen molar-refractivity contribution in [2.24, 2.45) is 0 Å². The summed E-state index contributed by atoms with van der Waals surface area (Å²) in [4.78, 5) is 26.2. The molecule has 1 aliphatic carbocycles. The summed E-state index contributed by atoms with van der Waals surface area (Å²) in [7, 11) is 0. The van der Waals surface area contributed by atoms with Gasteiger partial charge in [-0.1, -0.05) is 25.7 Å². The molecule has 0 spiro atoms. The summed E-state index contributed by atoms with van der Waals surface area (Å²) < 4.78 is 5.35. The van der Waals surface area contributed by atoms with E-state index in [0.29, 0.717) is 17.7 Å². The summed E-state index contributed by atoms with van der Waals surface area (Å²) in [5.74, 6) is 0.392. The van der Waals surface area contributed by atoms with E-state index in [1.54, 1.807) is 12.1 Å². The highest BCUT2D eigenvalue weighted by molar-refractivity contribution is 5.77. The monoisotopic (exact) mass is 276 g/mol. The number of hydrogen-bond acceptors (Lipinski definition) is 4. The molecule has 1 aromatic heterocycles. The van der Waals surface area contributed by atoms with Crippen molar-refractivity contribution in [2.75, 3.05) is 6.61 Å². The molecule has 0 aromatic carbocycles. The normalized spacial score (nSPS) is 16.2. The second-order valence-electron chi connectivity index (χ2n) is 5.08. The molecule has 1 fully saturated rings. The third kappa shape index (κ3) is 4.64. The average molecular weight is 276 g/mol. The summed E-state index contributed by atoms with van der Waals surface area (Å²) >= 11 is 0. The maximum Gasteiger partial charge on any atom is 0.258 e. The van der Waals surface area contributed by atoms with Crippen LogP contribution in [0.25, 0.3) is 0 Å². The van der Waals surface area contributed by atoms with Crippen LogP contribution in [-0.4, -0.2) is 29.8 Å². The van der Waals surface area contributed by atoms with Crippen molar-refractivity contribution in [3.05, 3.63) is 24.0 Å². The second kappa shape index (κ2) is 7.62. The van der Waals surface area contributed by atoms with Gasteiger partial charge in [-0.2, -0.15) is 0 Å². The van der Waals surface area contributed by atoms with Crippen LogP contribution >= 0.6 is 0 Å². The number of aromatic nitrogens is 1. The molecule has 1 aliphatic rings. The molecule has 1 heterocycles. The molecular formula is C15H20N2O3. The minimum Gasteiger partial charge on any atom is -0.482 e. The molecule has 0 radical (unpaired) electrons. The van der Waals surface area contributed by atoms with Crippen LogP contribution in [0.3, 0.4) is 0 Å². The van der Waals surface area contributed by atoms with E-state index in [-0.39, 0.29) is 18.6 Å². The van der Waals surface area contributed by atoms with Crippen molar-refractivity contribution in [3.8, 4) is 5.75 Å². The molecule has 108 valence electrons. The molecule has 0 saturated heterocycles. The number of pyridine rings is 1. The Labute approximate surface area is 118 Å². The predicted octanol–water partition coefficient (Wildman–Crippen LogP) is 2.11. The first-order chi connectivity index (χ1) is 9.78. The van der Waals surface area contributed by atoms with Gasteiger partial charge in [-0.3, -0.25) is 9.59 Å². The maximum absolute atomic E-state index is 11.8. The van der Waals surface area contributed by atoms with E-state index in [1.165, 1.54) is 31.9 Å². The third-order valence-electron chi connectivity index (χ3n) is 3.47. The fourth-order valence-electron chi connectivity index (χ4n) is 2.39. The number of hydrogen-bond donors (Lipinski definition) is 1. The Morgan fingerprint density at radius 1 is 1.30 bits per heavy atom. The molecule has 20 heavy (non-hydrogen) atoms. The number of nitrogens with one attached hydrogen (secondary N) is 1. The molecule has 1 aromatic rings. The van der Waals surface area contributed by atoms with Crippen LogP contribution in [0.5, 0.6) is 5.75 Å². The van der Waals surface area contributed by atoms with Crippen LogP contribution < -0.4 is 10.1 Å². The Morgan fingerprint density at radius 3 is 2.65 bits per heavy atom. The number of aldehydes is 1. The quantitative estimate of drug-likeness (QED) is 0.660. The summed E-state index contributed by atoms with van der Waals surface area (Å²) in [6.45, 7) is -0.0153. The van der Waals surface area contributed by atoms with Crippen LogP contribution in [0, 0.1) is 0 Å². The van der Waals surface area contributed by atoms with Crippen LogP contribution in [-0.2, 0) is 4.79 Å². The molecule has 0 atom stereocenters. The van der Waals surface area contributed by atoms with E-state index < -0.39 is 0 Å². The fourth-order valence-corrected chi connectivity index (χ4v) is 2.39. The molecule has 0 unspecified atom stereocenters. The Kier molecular flexibility index (Phi) is 5.53. The van der Waals surface area contributed by atoms with E-state index in [4.69, 9.17) is 4.74 Å². The maximum atomic E-state index is 11.8. The minimum absolute atomic E-state index is 0.0153. The lowest BCUT2D eigenvalue weighted by molar-refractivity contribution is -0.123. The predicted molar refractivity (Wildman–Crippen MR) is 74.8 cm³/mol. The number of amides is 1. The standard InChI is InChI=1S/C15H20N2O3/c18-10-13-7-8-14(9-16-13)20-11-15(19)17-12-5-3-1-2-4-6-12/h7-10,12H,1-6,11H2,(H,17,19). The number of rotatable bonds is 5. The summed E-state index contributed by atoms with van der Waals surface area (Å²) in [6, 6.07) is 3.48. The third-order valence-corrected chi connectivity index (χ3v) is 3.47. The number of carbonyl (C=O) groups is 2. The van der Waals surface area contributed by atoms with Crippen LogP contribution in [0.2, 0.25) is 0 Å². The SMILES string of the molecule is O=Cc1ccc(OCC(=O)NC2CCCCCC2)cn1. The number of ether oxygens (including phenoxy) is 1. The Morgan fingerprint density at radius 2 is 2.05 bits per heavy atom. The van der Waals surface area contributed by atoms with Gasteiger partial charge >= 0.3 is 0 Å². The van der Waals surface area contributed by atoms with E-state index in [9.17, 15) is 9.59 Å². The van der Waals surface area contributed by atoms with Gasteiger partial charge in [0.2, 0.25) is 0 Å². The van der Waals surface area contributed by atoms with Gasteiger partial charge in [-0.15, -0.1) is 0 Å². The Hall–Kier alpha value is -1.91. The summed E-state index contributed by atoms with van der Waals surface area (Å²) in [5, 5.41) is 3.01. The van der Waals surface area contributed by atoms with E-state index in [2.05, 4.69) is 10.3 Å². The topological polar surface area (TPSA) is 68.3 Å². The fraction of sp³-hybridized carbons (Fsp3) is 0.533. The number of carbonyl (C=O) groups excluding carboxylic acids is 2. The van der Waals surface area contributed by atoms with Crippen molar-refractivity contribution in [1.29, 1.82) is 0 Å². The highest BCUT2D eigenvalue weighted by atomic mass is 16.5. The molecule has 5 nitrogen and oxygen atoms in total. The van der Waals surface area contributed by atoms with Crippen molar-refractivity contribution >= 4 is 12.2 Å². The molecular weight excluding hydrogens is 256 g/mol. The molecule has 0 aliphatic heterocycles. The largest absolute Gasteiger partial charge is 0.482 e. The smallest absolute Gasteiger partial charge is 0.258 e. The van der Waals surface area contributed by atoms with Crippen molar-refractivity contribution < 1.29 is 14.3 Å². The van der Waals surface area contributed by atoms with Crippen molar-refractivity contribution in [1.82, 2.24) is 10.3 Å². The first-order valence-electron chi connectivity index (χ1n) is 7.11. The lowest BCUT2D eigenvalue weighted by atomic mass is 10.1. The first kappa shape index (κ1) is 14.5. The molecule has 1 N–H and O–H groups in total. The molecule has 0 bridgehead atoms. The lowest BCUT2D eigenvalue weighted by Gasteiger charge is -2.16. The van der Waals surface area contributed by atoms with Gasteiger partial charge in [0.05, 0.1) is 6.20 Å². The van der Waals surface area contributed by atoms with E-state index in [1.807, 2.05) is 0 Å². The second-order valence-corrected chi connectivity index (χ2v) is 5.08. The van der Waals surface area contributed by atoms with Gasteiger partial charge in [-0.05, 0) is 25.0 Å². The molecule has 1 saturated carbocycles. The zero-order valence-electron chi connectivity index (χ0n) is 11.5. The molecule has 1 amide bonds. The van der Waals surface area contributed by atoms with Crippen molar-refractivity contribution in [3.63, 3.8) is 0 Å². The van der Waals surface area contributed by atoms with Crippen LogP contribution in [0.15, 0.2) is 18.3 Å². The van der Waals surface area contributed by atoms with Gasteiger partial charge in [0, 0.05) is 6.04 Å². The Balaban J connectivity index is 1.74. The summed E-state index contributed by atoms with van der Waals surface area (Å²) in [6.07, 6.45) is 9.12. The van der Waals surface area contributed by atoms with Gasteiger partial charge in [0.15, 0.2) is 12.9 Å². The number of nitrogens with zero attached hydrogens (tertiary/aromatic N) is 1. The first-order valence-corrected chi connectivity index (χ1v) is 7.11. The van der Waals surface area contributed by atoms with Crippen molar-refractivity contribution in [2.45, 2.75) is 44.6 Å². The van der Waals surface area contributed by atoms with E-state index >= 15 is 0 Å². The minimum atomic E-state index is -0.101. The van der Waals surface area contributed by atoms with E-state index in [0.717, 1.165) is 12.8 Å². The van der Waals surface area contributed by atoms with Gasteiger partial charge in [0.1, 0.15) is 11.4 Å². The van der Waals surface area contributed by atoms with Crippen LogP contribution in [0.4, 0.5) is 0 Å². The molecule has 5 heteroatoms. The summed E-state index contributed by atoms with van der Waals surface area (Å²) in [5.41, 5.74) is 0.347. The zero-order valence-corrected chi connectivity index (χ0v) is 11.5. The highest BCUT2D eigenvalue weighted by Crippen LogP contribution is 2.17. The van der Waals surface area contributed by atoms with Gasteiger partial charge in [-0.25, -0.2) is 4.98 Å². The highest BCUT2D eigenvalue weighted by Gasteiger charge is 2.14. The lowest BCUT2D eigenvalue weighted by Crippen LogP contribution is -2.37. The van der Waals surface area contributed by atoms with Crippen LogP contribution in [0.1, 0.15) is 49.0 Å². The average Bonchev–Trinajstić information content (AvgIpc) is 2.74. The molecule has 2 rings (SSSR count). The zero-order chi connectivity index (χ0) is 14.2.